The van der Waals surface area contributed by atoms with Crippen LogP contribution in [-0.2, 0) is 14.4 Å². The molecule has 1 aliphatic rings. The van der Waals surface area contributed by atoms with E-state index in [1.165, 1.54) is 0 Å². The van der Waals surface area contributed by atoms with Crippen LogP contribution in [-0.4, -0.2) is 30.8 Å². The Balaban J connectivity index is 2.47. The summed E-state index contributed by atoms with van der Waals surface area (Å²) in [5, 5.41) is 5.29. The molecule has 3 amide bonds. The fourth-order valence-electron chi connectivity index (χ4n) is 2.13. The number of hydrogen-bond donors (Lipinski definition) is 3. The second-order valence-electron chi connectivity index (χ2n) is 4.70. The summed E-state index contributed by atoms with van der Waals surface area (Å²) < 4.78 is 0. The highest BCUT2D eigenvalue weighted by Crippen LogP contribution is 2.18. The molecular formula is C12H21N3O3. The summed E-state index contributed by atoms with van der Waals surface area (Å²) in [6, 6.07) is 0. The maximum Gasteiger partial charge on any atom is 0.239 e. The van der Waals surface area contributed by atoms with Crippen molar-refractivity contribution in [2.45, 2.75) is 38.5 Å². The topological polar surface area (TPSA) is 101 Å². The van der Waals surface area contributed by atoms with Crippen molar-refractivity contribution in [2.75, 3.05) is 13.1 Å². The van der Waals surface area contributed by atoms with Gasteiger partial charge in [-0.3, -0.25) is 14.4 Å². The Kier molecular flexibility index (Phi) is 6.18. The van der Waals surface area contributed by atoms with E-state index in [4.69, 9.17) is 5.73 Å². The van der Waals surface area contributed by atoms with E-state index in [1.54, 1.807) is 0 Å². The van der Waals surface area contributed by atoms with Crippen molar-refractivity contribution in [3.8, 4) is 0 Å². The summed E-state index contributed by atoms with van der Waals surface area (Å²) in [4.78, 5) is 33.6. The molecule has 0 radical (unpaired) electrons. The minimum Gasteiger partial charge on any atom is -0.370 e. The zero-order chi connectivity index (χ0) is 13.4. The van der Waals surface area contributed by atoms with Crippen LogP contribution in [0.3, 0.4) is 0 Å². The van der Waals surface area contributed by atoms with Gasteiger partial charge in [-0.25, -0.2) is 0 Å². The van der Waals surface area contributed by atoms with E-state index in [9.17, 15) is 14.4 Å². The highest BCUT2D eigenvalue weighted by Gasteiger charge is 2.14. The summed E-state index contributed by atoms with van der Waals surface area (Å²) in [6.45, 7) is 0.619. The van der Waals surface area contributed by atoms with Crippen LogP contribution >= 0.6 is 0 Å². The van der Waals surface area contributed by atoms with Gasteiger partial charge in [0.05, 0.1) is 6.54 Å². The van der Waals surface area contributed by atoms with Crippen molar-refractivity contribution in [3.05, 3.63) is 0 Å². The van der Waals surface area contributed by atoms with Gasteiger partial charge in [-0.15, -0.1) is 0 Å². The molecular weight excluding hydrogens is 234 g/mol. The average molecular weight is 255 g/mol. The quantitative estimate of drug-likeness (QED) is 0.630. The van der Waals surface area contributed by atoms with Gasteiger partial charge in [0.15, 0.2) is 0 Å². The van der Waals surface area contributed by atoms with Gasteiger partial charge in [-0.2, -0.15) is 0 Å². The Hall–Kier alpha value is -1.59. The van der Waals surface area contributed by atoms with Crippen LogP contribution in [0.2, 0.25) is 0 Å². The van der Waals surface area contributed by atoms with E-state index in [0.717, 1.165) is 25.7 Å². The van der Waals surface area contributed by atoms with Gasteiger partial charge in [0.2, 0.25) is 17.7 Å². The predicted molar refractivity (Wildman–Crippen MR) is 66.4 cm³/mol. The highest BCUT2D eigenvalue weighted by atomic mass is 16.2. The largest absolute Gasteiger partial charge is 0.370 e. The van der Waals surface area contributed by atoms with Crippen LogP contribution in [0.4, 0.5) is 0 Å². The fraction of sp³-hybridized carbons (Fsp3) is 0.750. The lowest BCUT2D eigenvalue weighted by molar-refractivity contribution is -0.126. The molecule has 6 heteroatoms. The van der Waals surface area contributed by atoms with E-state index in [1.807, 2.05) is 0 Å². The number of rotatable bonds is 2. The molecule has 1 fully saturated rings. The number of hydrogen-bond acceptors (Lipinski definition) is 3. The van der Waals surface area contributed by atoms with Crippen LogP contribution in [0, 0.1) is 5.92 Å². The van der Waals surface area contributed by atoms with Crippen molar-refractivity contribution in [2.24, 2.45) is 11.7 Å². The maximum absolute atomic E-state index is 11.4. The lowest BCUT2D eigenvalue weighted by Gasteiger charge is -2.16. The van der Waals surface area contributed by atoms with E-state index in [2.05, 4.69) is 10.6 Å². The molecule has 102 valence electrons. The summed E-state index contributed by atoms with van der Waals surface area (Å²) >= 11 is 0. The molecule has 0 bridgehead atoms. The third kappa shape index (κ3) is 6.22. The average Bonchev–Trinajstić information content (AvgIpc) is 2.29. The van der Waals surface area contributed by atoms with Crippen molar-refractivity contribution in [1.29, 1.82) is 0 Å². The summed E-state index contributed by atoms with van der Waals surface area (Å²) in [6.07, 6.45) is 3.98. The molecule has 4 N–H and O–H groups in total. The molecule has 0 aliphatic carbocycles. The molecule has 18 heavy (non-hydrogen) atoms. The molecule has 0 aromatic carbocycles. The van der Waals surface area contributed by atoms with E-state index in [0.29, 0.717) is 19.4 Å². The van der Waals surface area contributed by atoms with Crippen LogP contribution in [0.15, 0.2) is 0 Å². The van der Waals surface area contributed by atoms with Gasteiger partial charge in [0, 0.05) is 19.4 Å². The zero-order valence-corrected chi connectivity index (χ0v) is 10.5. The van der Waals surface area contributed by atoms with Crippen LogP contribution in [0.25, 0.3) is 0 Å². The molecule has 0 spiro atoms. The van der Waals surface area contributed by atoms with Gasteiger partial charge in [0.25, 0.3) is 0 Å². The zero-order valence-electron chi connectivity index (χ0n) is 10.5. The number of amides is 3. The minimum absolute atomic E-state index is 0.0452. The predicted octanol–water partition coefficient (Wildman–Crippen LogP) is -0.326. The Morgan fingerprint density at radius 3 is 2.61 bits per heavy atom. The standard InChI is InChI=1S/C12H21N3O3/c13-10(16)7-9-3-1-5-11(17)15-8-12(18)14-6-2-4-9/h9H,1-8H2,(H2,13,16)(H,14,18)(H,15,17). The van der Waals surface area contributed by atoms with Crippen LogP contribution in [0.1, 0.15) is 38.5 Å². The molecule has 6 nitrogen and oxygen atoms in total. The van der Waals surface area contributed by atoms with Crippen LogP contribution in [0.5, 0.6) is 0 Å². The second kappa shape index (κ2) is 7.68. The first kappa shape index (κ1) is 14.5. The van der Waals surface area contributed by atoms with Crippen molar-refractivity contribution in [3.63, 3.8) is 0 Å². The maximum atomic E-state index is 11.4. The fourth-order valence-corrected chi connectivity index (χ4v) is 2.13. The monoisotopic (exact) mass is 255 g/mol. The van der Waals surface area contributed by atoms with Gasteiger partial charge >= 0.3 is 0 Å². The lowest BCUT2D eigenvalue weighted by atomic mass is 9.93. The summed E-state index contributed by atoms with van der Waals surface area (Å²) in [7, 11) is 0. The molecule has 1 heterocycles. The van der Waals surface area contributed by atoms with Crippen molar-refractivity contribution < 1.29 is 14.4 Å². The smallest absolute Gasteiger partial charge is 0.239 e. The number of nitrogens with one attached hydrogen (secondary N) is 2. The first-order valence-electron chi connectivity index (χ1n) is 6.39. The highest BCUT2D eigenvalue weighted by molar-refractivity contribution is 5.84. The molecule has 0 aromatic heterocycles. The molecule has 1 rings (SSSR count). The number of nitrogens with two attached hydrogens (primary N) is 1. The Bertz CT molecular complexity index is 318. The lowest BCUT2D eigenvalue weighted by Crippen LogP contribution is -2.37. The third-order valence-corrected chi connectivity index (χ3v) is 3.06. The Morgan fingerprint density at radius 2 is 1.89 bits per heavy atom. The normalized spacial score (nSPS) is 23.2. The van der Waals surface area contributed by atoms with Gasteiger partial charge in [0.1, 0.15) is 0 Å². The van der Waals surface area contributed by atoms with Gasteiger partial charge < -0.3 is 16.4 Å². The van der Waals surface area contributed by atoms with Crippen LogP contribution < -0.4 is 16.4 Å². The van der Waals surface area contributed by atoms with E-state index in [-0.39, 0.29) is 30.2 Å². The molecule has 1 atom stereocenters. The van der Waals surface area contributed by atoms with Gasteiger partial charge in [-0.05, 0) is 31.6 Å². The minimum atomic E-state index is -0.305. The molecule has 1 saturated heterocycles. The van der Waals surface area contributed by atoms with E-state index < -0.39 is 0 Å². The SMILES string of the molecule is NC(=O)CC1CCCNC(=O)CNC(=O)CCC1. The first-order chi connectivity index (χ1) is 8.58. The first-order valence-corrected chi connectivity index (χ1v) is 6.39. The second-order valence-corrected chi connectivity index (χ2v) is 4.70. The molecule has 1 aliphatic heterocycles. The summed E-state index contributed by atoms with van der Waals surface area (Å²) in [5.74, 6) is -0.383. The number of primary amides is 1. The van der Waals surface area contributed by atoms with E-state index >= 15 is 0 Å². The molecule has 0 saturated carbocycles. The summed E-state index contributed by atoms with van der Waals surface area (Å²) in [5.41, 5.74) is 5.20. The number of carbonyl (C=O) groups is 3. The molecule has 0 aromatic rings. The molecule has 1 unspecified atom stereocenters. The Morgan fingerprint density at radius 1 is 1.17 bits per heavy atom. The van der Waals surface area contributed by atoms with Crippen molar-refractivity contribution >= 4 is 17.7 Å². The Labute approximate surface area is 107 Å². The number of carbonyl (C=O) groups excluding carboxylic acids is 3. The third-order valence-electron chi connectivity index (χ3n) is 3.06. The van der Waals surface area contributed by atoms with Crippen molar-refractivity contribution in [1.82, 2.24) is 10.6 Å². The van der Waals surface area contributed by atoms with Gasteiger partial charge in [-0.1, -0.05) is 0 Å².